The van der Waals surface area contributed by atoms with E-state index in [4.69, 9.17) is 29.4 Å². The van der Waals surface area contributed by atoms with E-state index in [1.54, 1.807) is 6.92 Å². The number of aliphatic carboxylic acids is 2. The molecule has 0 aliphatic carbocycles. The zero-order valence-corrected chi connectivity index (χ0v) is 40.5. The molecule has 70 heavy (non-hydrogen) atoms. The number of nitrogens with two attached hydrogens (primary N) is 1. The van der Waals surface area contributed by atoms with Crippen LogP contribution in [0, 0.1) is 5.92 Å². The Balaban J connectivity index is 1.64. The molecule has 27 heteroatoms. The van der Waals surface area contributed by atoms with Crippen LogP contribution in [0.25, 0.3) is 0 Å². The molecular weight excluding hydrogens is 955 g/mol. The van der Waals surface area contributed by atoms with Crippen molar-refractivity contribution in [2.24, 2.45) is 11.7 Å². The summed E-state index contributed by atoms with van der Waals surface area (Å²) in [5, 5.41) is 53.4. The van der Waals surface area contributed by atoms with Gasteiger partial charge in [-0.3, -0.25) is 43.0 Å². The van der Waals surface area contributed by atoms with Crippen LogP contribution in [0.3, 0.4) is 0 Å². The maximum atomic E-state index is 14.7. The van der Waals surface area contributed by atoms with Crippen molar-refractivity contribution in [3.05, 3.63) is 33.1 Å². The Hall–Kier alpha value is -4.42. The number of nitrogens with zero attached hydrogens (tertiary/aromatic N) is 3. The van der Waals surface area contributed by atoms with Crippen LogP contribution < -0.4 is 17.0 Å². The Morgan fingerprint density at radius 1 is 0.886 bits per heavy atom. The van der Waals surface area contributed by atoms with Crippen molar-refractivity contribution in [1.29, 1.82) is 0 Å². The SMILES string of the molecule is CCCCCCCCCCCCC(CC(=O)OC1CN(C)C(C(O[C@@H]2O[C@H](CN)[C@@H](O)[C@H]2OS(=O)(=O)O)[C@H]2O[C@@H](n3ccc(=O)[nH]c3=O)[C@H](O)[C@@H]2O)C(=O)N(C)C1C(=O)O)OC(=O)CC(C)CC(=O)O. The number of hydrogen-bond donors (Lipinski definition) is 8. The van der Waals surface area contributed by atoms with Crippen LogP contribution in [0.2, 0.25) is 0 Å². The molecule has 1 aromatic rings. The molecule has 3 saturated heterocycles. The average Bonchev–Trinajstić information content (AvgIpc) is 3.68. The summed E-state index contributed by atoms with van der Waals surface area (Å²) in [6, 6.07) is -2.88. The highest BCUT2D eigenvalue weighted by Gasteiger charge is 2.58. The topological polar surface area (TPSA) is 384 Å². The maximum Gasteiger partial charge on any atom is 0.397 e. The molecule has 398 valence electrons. The van der Waals surface area contributed by atoms with Crippen molar-refractivity contribution in [3.8, 4) is 0 Å². The Kier molecular flexibility index (Phi) is 22.3. The predicted molar refractivity (Wildman–Crippen MR) is 240 cm³/mol. The number of aliphatic hydroxyl groups excluding tert-OH is 3. The van der Waals surface area contributed by atoms with Gasteiger partial charge in [0.15, 0.2) is 24.7 Å². The zero-order chi connectivity index (χ0) is 52.0. The minimum atomic E-state index is -5.37. The van der Waals surface area contributed by atoms with Gasteiger partial charge in [-0.05, 0) is 25.8 Å². The molecule has 26 nitrogen and oxygen atoms in total. The third-order valence-corrected chi connectivity index (χ3v) is 13.0. The Morgan fingerprint density at radius 2 is 1.51 bits per heavy atom. The van der Waals surface area contributed by atoms with Gasteiger partial charge < -0.3 is 59.9 Å². The first-order chi connectivity index (χ1) is 33.0. The Labute approximate surface area is 404 Å². The number of aromatic amines is 1. The molecule has 0 spiro atoms. The molecule has 3 aliphatic rings. The molecular formula is C43H69N5O21S. The number of carbonyl (C=O) groups is 5. The summed E-state index contributed by atoms with van der Waals surface area (Å²) in [6.07, 6.45) is -10.0. The summed E-state index contributed by atoms with van der Waals surface area (Å²) in [6.45, 7) is 2.63. The van der Waals surface area contributed by atoms with Gasteiger partial charge >= 0.3 is 40.0 Å². The molecule has 1 aromatic heterocycles. The van der Waals surface area contributed by atoms with E-state index in [9.17, 15) is 72.1 Å². The van der Waals surface area contributed by atoms with Crippen molar-refractivity contribution >= 4 is 40.2 Å². The number of esters is 2. The second-order valence-electron chi connectivity index (χ2n) is 18.2. The number of aliphatic hydroxyl groups is 3. The number of aromatic nitrogens is 2. The first-order valence-electron chi connectivity index (χ1n) is 23.5. The van der Waals surface area contributed by atoms with Crippen molar-refractivity contribution < 1.29 is 90.3 Å². The summed E-state index contributed by atoms with van der Waals surface area (Å²) >= 11 is 0. The number of nitrogens with one attached hydrogen (secondary N) is 1. The van der Waals surface area contributed by atoms with Gasteiger partial charge in [0.2, 0.25) is 5.91 Å². The van der Waals surface area contributed by atoms with E-state index in [2.05, 4.69) is 11.1 Å². The zero-order valence-electron chi connectivity index (χ0n) is 39.7. The lowest BCUT2D eigenvalue weighted by atomic mass is 9.97. The van der Waals surface area contributed by atoms with Gasteiger partial charge in [0.25, 0.3) is 5.56 Å². The molecule has 0 aromatic carbocycles. The first-order valence-corrected chi connectivity index (χ1v) is 24.8. The molecule has 0 bridgehead atoms. The van der Waals surface area contributed by atoms with E-state index in [0.717, 1.165) is 69.2 Å². The summed E-state index contributed by atoms with van der Waals surface area (Å²) in [5.74, 6) is -6.26. The van der Waals surface area contributed by atoms with E-state index >= 15 is 0 Å². The number of carboxylic acids is 2. The Morgan fingerprint density at radius 3 is 2.09 bits per heavy atom. The van der Waals surface area contributed by atoms with Gasteiger partial charge in [-0.2, -0.15) is 8.42 Å². The minimum absolute atomic E-state index is 0.212. The number of ether oxygens (including phenoxy) is 5. The van der Waals surface area contributed by atoms with Gasteiger partial charge in [0, 0.05) is 45.2 Å². The lowest BCUT2D eigenvalue weighted by Crippen LogP contribution is -2.60. The lowest BCUT2D eigenvalue weighted by Gasteiger charge is -2.38. The highest BCUT2D eigenvalue weighted by atomic mass is 32.3. The molecule has 0 radical (unpaired) electrons. The van der Waals surface area contributed by atoms with E-state index in [-0.39, 0.29) is 19.3 Å². The molecule has 14 atom stereocenters. The summed E-state index contributed by atoms with van der Waals surface area (Å²) < 4.78 is 68.0. The number of unbranched alkanes of at least 4 members (excludes halogenated alkanes) is 9. The monoisotopic (exact) mass is 1020 g/mol. The molecule has 4 rings (SSSR count). The van der Waals surface area contributed by atoms with Crippen LogP contribution >= 0.6 is 0 Å². The minimum Gasteiger partial charge on any atom is -0.481 e. The summed E-state index contributed by atoms with van der Waals surface area (Å²) in [7, 11) is -3.06. The van der Waals surface area contributed by atoms with Crippen molar-refractivity contribution in [2.75, 3.05) is 27.2 Å². The lowest BCUT2D eigenvalue weighted by molar-refractivity contribution is -0.230. The van der Waals surface area contributed by atoms with Gasteiger partial charge in [-0.15, -0.1) is 0 Å². The van der Waals surface area contributed by atoms with Crippen molar-refractivity contribution in [3.63, 3.8) is 0 Å². The highest BCUT2D eigenvalue weighted by molar-refractivity contribution is 7.80. The summed E-state index contributed by atoms with van der Waals surface area (Å²) in [4.78, 5) is 94.2. The van der Waals surface area contributed by atoms with Gasteiger partial charge in [-0.25, -0.2) is 13.8 Å². The summed E-state index contributed by atoms with van der Waals surface area (Å²) in [5.41, 5.74) is 3.79. The van der Waals surface area contributed by atoms with E-state index < -0.39 is 156 Å². The third-order valence-electron chi connectivity index (χ3n) is 12.5. The fraction of sp³-hybridized carbons (Fsp3) is 0.791. The van der Waals surface area contributed by atoms with E-state index in [1.165, 1.54) is 19.9 Å². The molecule has 6 unspecified atom stereocenters. The molecule has 4 heterocycles. The quantitative estimate of drug-likeness (QED) is 0.0284. The normalized spacial score (nSPS) is 28.8. The molecule has 3 aliphatic heterocycles. The smallest absolute Gasteiger partial charge is 0.397 e. The first kappa shape index (κ1) is 58.2. The van der Waals surface area contributed by atoms with Crippen molar-refractivity contribution in [1.82, 2.24) is 19.4 Å². The number of carbonyl (C=O) groups excluding carboxylic acids is 3. The number of H-pyrrole nitrogens is 1. The number of amides is 1. The van der Waals surface area contributed by atoms with Crippen LogP contribution in [-0.2, 0) is 62.2 Å². The number of hydrogen-bond acceptors (Lipinski definition) is 20. The largest absolute Gasteiger partial charge is 0.481 e. The van der Waals surface area contributed by atoms with Crippen molar-refractivity contribution in [2.45, 2.75) is 183 Å². The molecule has 1 amide bonds. The number of rotatable bonds is 28. The average molecular weight is 1020 g/mol. The number of carboxylic acid groups (broad SMARTS) is 2. The maximum absolute atomic E-state index is 14.7. The fourth-order valence-corrected chi connectivity index (χ4v) is 9.49. The van der Waals surface area contributed by atoms with Crippen LogP contribution in [-0.4, -0.2) is 188 Å². The molecule has 0 saturated carbocycles. The van der Waals surface area contributed by atoms with Crippen LogP contribution in [0.1, 0.15) is 110 Å². The van der Waals surface area contributed by atoms with E-state index in [1.807, 2.05) is 4.98 Å². The van der Waals surface area contributed by atoms with Gasteiger partial charge in [0.1, 0.15) is 54.9 Å². The fourth-order valence-electron chi connectivity index (χ4n) is 9.00. The van der Waals surface area contributed by atoms with Gasteiger partial charge in [0.05, 0.1) is 6.42 Å². The number of likely N-dealkylation sites (N-methyl/N-ethyl adjacent to an activating group) is 2. The second kappa shape index (κ2) is 26.9. The standard InChI is InChI=1S/C43H69N5O21S/c1-5-6-7-8-9-10-11-12-13-14-15-24(64-29(52)19-23(2)18-28(50)51)20-30(53)65-26-22-46(3)32(39(57)47(4)31(26)41(58)59)36(68-42-38(69-70(61,62)63)33(54)25(21-44)66-42)37-34(55)35(56)40(67-37)48-17-16-27(49)45-43(48)60/h16-17,23-26,31-38,40,42,54-56H,5-15,18-22,44H2,1-4H3,(H,50,51)(H,58,59)(H,45,49,60)(H,61,62,63)/t23?,24?,25-,26?,31?,32?,33-,34+,35-,36?,37+,38-,40-,42+/m1/s1. The van der Waals surface area contributed by atoms with Crippen LogP contribution in [0.5, 0.6) is 0 Å². The van der Waals surface area contributed by atoms with Crippen LogP contribution in [0.4, 0.5) is 0 Å². The predicted octanol–water partition coefficient (Wildman–Crippen LogP) is -0.975. The Bertz CT molecular complexity index is 2140. The highest BCUT2D eigenvalue weighted by Crippen LogP contribution is 2.37. The molecule has 3 fully saturated rings. The second-order valence-corrected chi connectivity index (χ2v) is 19.2. The third kappa shape index (κ3) is 16.3. The van der Waals surface area contributed by atoms with E-state index in [0.29, 0.717) is 15.9 Å². The van der Waals surface area contributed by atoms with Gasteiger partial charge in [-0.1, -0.05) is 71.6 Å². The molecule has 9 N–H and O–H groups in total. The van der Waals surface area contributed by atoms with Crippen LogP contribution in [0.15, 0.2) is 21.9 Å².